The van der Waals surface area contributed by atoms with Gasteiger partial charge in [0.1, 0.15) is 6.10 Å². The van der Waals surface area contributed by atoms with Crippen molar-refractivity contribution in [3.63, 3.8) is 0 Å². The quantitative estimate of drug-likeness (QED) is 0.589. The van der Waals surface area contributed by atoms with E-state index in [1.807, 2.05) is 0 Å². The fraction of sp³-hybridized carbons (Fsp3) is 1.00. The van der Waals surface area contributed by atoms with Gasteiger partial charge in [-0.25, -0.2) is 0 Å². The Morgan fingerprint density at radius 2 is 1.67 bits per heavy atom. The Labute approximate surface area is 52.1 Å². The molecule has 0 saturated heterocycles. The molecular formula is C5H10F2O2. The third-order valence-corrected chi connectivity index (χ3v) is 0.987. The number of aliphatic hydroxyl groups is 2. The summed E-state index contributed by atoms with van der Waals surface area (Å²) in [5.74, 6) is -0.634. The first-order valence-corrected chi connectivity index (χ1v) is 2.64. The lowest BCUT2D eigenvalue weighted by atomic mass is 10.1. The van der Waals surface area contributed by atoms with Gasteiger partial charge in [0.15, 0.2) is 0 Å². The summed E-state index contributed by atoms with van der Waals surface area (Å²) in [4.78, 5) is 0. The van der Waals surface area contributed by atoms with Crippen LogP contribution in [0.4, 0.5) is 8.78 Å². The highest BCUT2D eigenvalue weighted by atomic mass is 19.3. The summed E-state index contributed by atoms with van der Waals surface area (Å²) in [5, 5.41) is 16.3. The van der Waals surface area contributed by atoms with E-state index in [4.69, 9.17) is 10.2 Å². The van der Waals surface area contributed by atoms with Crippen LogP contribution in [-0.2, 0) is 0 Å². The first-order valence-electron chi connectivity index (χ1n) is 2.64. The molecule has 0 radical (unpaired) electrons. The molecule has 56 valence electrons. The first-order chi connectivity index (χ1) is 3.85. The first kappa shape index (κ1) is 8.78. The number of alkyl halides is 2. The minimum atomic E-state index is -3.96. The van der Waals surface area contributed by atoms with Gasteiger partial charge >= 0.3 is 6.11 Å². The minimum absolute atomic E-state index is 0.634. The smallest absolute Gasteiger partial charge is 0.379 e. The normalized spacial score (nSPS) is 16.3. The topological polar surface area (TPSA) is 40.5 Å². The average Bonchev–Trinajstić information content (AvgIpc) is 1.62. The van der Waals surface area contributed by atoms with E-state index in [1.54, 1.807) is 0 Å². The molecule has 0 amide bonds. The summed E-state index contributed by atoms with van der Waals surface area (Å²) < 4.78 is 23.3. The number of aliphatic hydroxyl groups excluding tert-OH is 1. The fourth-order valence-corrected chi connectivity index (χ4v) is 0.401. The van der Waals surface area contributed by atoms with Crippen LogP contribution < -0.4 is 0 Å². The molecule has 9 heavy (non-hydrogen) atoms. The standard InChI is InChI=1S/C5H10F2O2/c1-3(2)4(8)5(6,7)9/h3-4,8-9H,1-2H3. The molecule has 0 aliphatic carbocycles. The van der Waals surface area contributed by atoms with Gasteiger partial charge in [0.05, 0.1) is 0 Å². The molecular weight excluding hydrogens is 130 g/mol. The van der Waals surface area contributed by atoms with Gasteiger partial charge in [0.25, 0.3) is 0 Å². The van der Waals surface area contributed by atoms with Crippen LogP contribution in [0.2, 0.25) is 0 Å². The second kappa shape index (κ2) is 2.58. The molecule has 0 bridgehead atoms. The van der Waals surface area contributed by atoms with Gasteiger partial charge in [-0.1, -0.05) is 13.8 Å². The van der Waals surface area contributed by atoms with Crippen molar-refractivity contribution in [2.75, 3.05) is 0 Å². The van der Waals surface area contributed by atoms with Crippen molar-refractivity contribution in [2.45, 2.75) is 26.1 Å². The highest BCUT2D eigenvalue weighted by molar-refractivity contribution is 4.67. The lowest BCUT2D eigenvalue weighted by molar-refractivity contribution is -0.268. The second-order valence-electron chi connectivity index (χ2n) is 2.28. The Bertz CT molecular complexity index is 87.4. The number of hydrogen-bond acceptors (Lipinski definition) is 2. The zero-order chi connectivity index (χ0) is 7.65. The van der Waals surface area contributed by atoms with Crippen LogP contribution in [-0.4, -0.2) is 22.4 Å². The molecule has 0 aromatic carbocycles. The number of hydrogen-bond donors (Lipinski definition) is 2. The molecule has 0 aromatic heterocycles. The van der Waals surface area contributed by atoms with Crippen LogP contribution in [0.1, 0.15) is 13.8 Å². The molecule has 0 saturated carbocycles. The Morgan fingerprint density at radius 3 is 1.67 bits per heavy atom. The molecule has 0 heterocycles. The summed E-state index contributed by atoms with van der Waals surface area (Å²) in [7, 11) is 0. The lowest BCUT2D eigenvalue weighted by Gasteiger charge is -2.19. The second-order valence-corrected chi connectivity index (χ2v) is 2.28. The SMILES string of the molecule is CC(C)C(O)C(O)(F)F. The summed E-state index contributed by atoms with van der Waals surface area (Å²) >= 11 is 0. The van der Waals surface area contributed by atoms with E-state index >= 15 is 0 Å². The monoisotopic (exact) mass is 140 g/mol. The molecule has 1 unspecified atom stereocenters. The van der Waals surface area contributed by atoms with Gasteiger partial charge in [-0.2, -0.15) is 8.78 Å². The summed E-state index contributed by atoms with van der Waals surface area (Å²) in [6.45, 7) is 2.80. The predicted octanol–water partition coefficient (Wildman–Crippen LogP) is 0.588. The van der Waals surface area contributed by atoms with E-state index < -0.39 is 18.1 Å². The Balaban J connectivity index is 3.88. The van der Waals surface area contributed by atoms with Crippen LogP contribution in [0, 0.1) is 5.92 Å². The van der Waals surface area contributed by atoms with E-state index in [9.17, 15) is 8.78 Å². The van der Waals surface area contributed by atoms with Crippen molar-refractivity contribution in [1.29, 1.82) is 0 Å². The van der Waals surface area contributed by atoms with Gasteiger partial charge in [0, 0.05) is 0 Å². The summed E-state index contributed by atoms with van der Waals surface area (Å²) in [5.41, 5.74) is 0. The van der Waals surface area contributed by atoms with Crippen molar-refractivity contribution in [3.05, 3.63) is 0 Å². The molecule has 4 heteroatoms. The van der Waals surface area contributed by atoms with Gasteiger partial charge in [0.2, 0.25) is 0 Å². The van der Waals surface area contributed by atoms with Crippen LogP contribution in [0.3, 0.4) is 0 Å². The largest absolute Gasteiger partial charge is 0.384 e. The summed E-state index contributed by atoms with van der Waals surface area (Å²) in [6.07, 6.45) is -5.92. The maximum absolute atomic E-state index is 11.7. The minimum Gasteiger partial charge on any atom is -0.384 e. The third kappa shape index (κ3) is 2.72. The van der Waals surface area contributed by atoms with Crippen molar-refractivity contribution in [3.8, 4) is 0 Å². The van der Waals surface area contributed by atoms with Crippen molar-refractivity contribution < 1.29 is 19.0 Å². The van der Waals surface area contributed by atoms with Gasteiger partial charge in [-0.3, -0.25) is 0 Å². The zero-order valence-corrected chi connectivity index (χ0v) is 5.31. The van der Waals surface area contributed by atoms with E-state index in [0.29, 0.717) is 0 Å². The predicted molar refractivity (Wildman–Crippen MR) is 28.0 cm³/mol. The van der Waals surface area contributed by atoms with Crippen molar-refractivity contribution >= 4 is 0 Å². The maximum atomic E-state index is 11.7. The molecule has 2 nitrogen and oxygen atoms in total. The lowest BCUT2D eigenvalue weighted by Crippen LogP contribution is -2.36. The summed E-state index contributed by atoms with van der Waals surface area (Å²) in [6, 6.07) is 0. The van der Waals surface area contributed by atoms with E-state index in [1.165, 1.54) is 13.8 Å². The highest BCUT2D eigenvalue weighted by Gasteiger charge is 2.37. The highest BCUT2D eigenvalue weighted by Crippen LogP contribution is 2.19. The maximum Gasteiger partial charge on any atom is 0.379 e. The Morgan fingerprint density at radius 1 is 1.33 bits per heavy atom. The van der Waals surface area contributed by atoms with E-state index in [0.717, 1.165) is 0 Å². The molecule has 0 spiro atoms. The molecule has 0 rings (SSSR count). The fourth-order valence-electron chi connectivity index (χ4n) is 0.401. The molecule has 1 atom stereocenters. The van der Waals surface area contributed by atoms with Crippen LogP contribution in [0.5, 0.6) is 0 Å². The van der Waals surface area contributed by atoms with Crippen LogP contribution in [0.15, 0.2) is 0 Å². The van der Waals surface area contributed by atoms with Gasteiger partial charge < -0.3 is 10.2 Å². The van der Waals surface area contributed by atoms with E-state index in [2.05, 4.69) is 0 Å². The molecule has 0 aromatic rings. The average molecular weight is 140 g/mol. The van der Waals surface area contributed by atoms with Gasteiger partial charge in [-0.15, -0.1) is 0 Å². The molecule has 2 N–H and O–H groups in total. The molecule has 0 aliphatic rings. The Kier molecular flexibility index (Phi) is 2.51. The number of halogens is 2. The molecule has 0 fully saturated rings. The van der Waals surface area contributed by atoms with Crippen LogP contribution in [0.25, 0.3) is 0 Å². The zero-order valence-electron chi connectivity index (χ0n) is 5.31. The van der Waals surface area contributed by atoms with Crippen molar-refractivity contribution in [1.82, 2.24) is 0 Å². The van der Waals surface area contributed by atoms with Crippen LogP contribution >= 0.6 is 0 Å². The number of rotatable bonds is 2. The van der Waals surface area contributed by atoms with Gasteiger partial charge in [-0.05, 0) is 5.92 Å². The van der Waals surface area contributed by atoms with E-state index in [-0.39, 0.29) is 0 Å². The third-order valence-electron chi connectivity index (χ3n) is 0.987. The Hall–Kier alpha value is -0.220. The molecule has 0 aliphatic heterocycles. The van der Waals surface area contributed by atoms with Crippen molar-refractivity contribution in [2.24, 2.45) is 5.92 Å².